The van der Waals surface area contributed by atoms with Gasteiger partial charge >= 0.3 is 5.97 Å². The van der Waals surface area contributed by atoms with Crippen molar-refractivity contribution in [1.82, 2.24) is 4.58 Å². The van der Waals surface area contributed by atoms with Gasteiger partial charge in [-0.05, 0) is 68.1 Å². The number of carbonyl (C=O) groups is 1. The van der Waals surface area contributed by atoms with Crippen LogP contribution in [-0.2, 0) is 16.5 Å². The topological polar surface area (TPSA) is 108 Å². The average molecular weight is 557 g/mol. The SMILES string of the molecule is CC[N+](CC)=c1ccc2c(-c3ccccc3S(=O)(=O)O)c3ccc(Cc4c(C)cccc4C(=O)O)cc3oc-2c1. The second-order valence-corrected chi connectivity index (χ2v) is 11.1. The Labute approximate surface area is 232 Å². The van der Waals surface area contributed by atoms with Gasteiger partial charge in [-0.15, -0.1) is 0 Å². The minimum absolute atomic E-state index is 0.188. The van der Waals surface area contributed by atoms with E-state index in [2.05, 4.69) is 18.4 Å². The van der Waals surface area contributed by atoms with Crippen molar-refractivity contribution in [1.29, 1.82) is 0 Å². The third-order valence-electron chi connectivity index (χ3n) is 7.35. The summed E-state index contributed by atoms with van der Waals surface area (Å²) in [6.07, 6.45) is 0.383. The van der Waals surface area contributed by atoms with Crippen LogP contribution in [-0.4, -0.2) is 37.1 Å². The van der Waals surface area contributed by atoms with Gasteiger partial charge in [-0.3, -0.25) is 4.55 Å². The molecule has 1 aliphatic carbocycles. The Balaban J connectivity index is 1.82. The Hall–Kier alpha value is -4.27. The van der Waals surface area contributed by atoms with E-state index in [-0.39, 0.29) is 10.5 Å². The zero-order valence-corrected chi connectivity index (χ0v) is 23.3. The molecule has 7 nitrogen and oxygen atoms in total. The second-order valence-electron chi connectivity index (χ2n) is 9.71. The molecule has 2 N–H and O–H groups in total. The predicted octanol–water partition coefficient (Wildman–Crippen LogP) is 5.86. The van der Waals surface area contributed by atoms with Gasteiger partial charge in [0.15, 0.2) is 0 Å². The molecule has 0 unspecified atom stereocenters. The predicted molar refractivity (Wildman–Crippen MR) is 155 cm³/mol. The number of aryl methyl sites for hydroxylation is 1. The summed E-state index contributed by atoms with van der Waals surface area (Å²) in [5, 5.41) is 11.4. The first-order chi connectivity index (χ1) is 19.1. The summed E-state index contributed by atoms with van der Waals surface area (Å²) in [6, 6.07) is 23.1. The summed E-state index contributed by atoms with van der Waals surface area (Å²) in [4.78, 5) is 11.7. The minimum Gasteiger partial charge on any atom is -0.478 e. The molecule has 0 amide bonds. The molecule has 1 heterocycles. The van der Waals surface area contributed by atoms with Gasteiger partial charge in [0.2, 0.25) is 5.36 Å². The van der Waals surface area contributed by atoms with Crippen LogP contribution in [0.25, 0.3) is 33.4 Å². The van der Waals surface area contributed by atoms with Crippen LogP contribution < -0.4 is 9.93 Å². The fourth-order valence-corrected chi connectivity index (χ4v) is 6.05. The van der Waals surface area contributed by atoms with E-state index >= 15 is 0 Å². The Morgan fingerprint density at radius 1 is 0.900 bits per heavy atom. The van der Waals surface area contributed by atoms with Gasteiger partial charge in [0.25, 0.3) is 10.1 Å². The van der Waals surface area contributed by atoms with Crippen molar-refractivity contribution < 1.29 is 27.3 Å². The van der Waals surface area contributed by atoms with Crippen molar-refractivity contribution in [2.24, 2.45) is 0 Å². The maximum absolute atomic E-state index is 12.4. The highest BCUT2D eigenvalue weighted by Gasteiger charge is 2.24. The summed E-state index contributed by atoms with van der Waals surface area (Å²) in [5.74, 6) is -0.417. The van der Waals surface area contributed by atoms with Crippen LogP contribution in [0.5, 0.6) is 0 Å². The van der Waals surface area contributed by atoms with E-state index < -0.39 is 16.1 Å². The van der Waals surface area contributed by atoms with E-state index in [1.165, 1.54) is 6.07 Å². The van der Waals surface area contributed by atoms with Crippen molar-refractivity contribution in [3.63, 3.8) is 0 Å². The van der Waals surface area contributed by atoms with Gasteiger partial charge in [0.1, 0.15) is 29.3 Å². The van der Waals surface area contributed by atoms with Gasteiger partial charge in [-0.1, -0.05) is 42.5 Å². The number of carboxylic acids is 1. The Bertz CT molecular complexity index is 1910. The molecule has 0 fully saturated rings. The molecular weight excluding hydrogens is 526 g/mol. The zero-order valence-electron chi connectivity index (χ0n) is 22.5. The van der Waals surface area contributed by atoms with E-state index in [0.717, 1.165) is 35.1 Å². The molecule has 0 radical (unpaired) electrons. The van der Waals surface area contributed by atoms with Crippen LogP contribution in [0.1, 0.15) is 40.9 Å². The molecule has 204 valence electrons. The first-order valence-corrected chi connectivity index (χ1v) is 14.5. The molecule has 0 saturated heterocycles. The molecule has 0 bridgehead atoms. The molecule has 0 aromatic heterocycles. The van der Waals surface area contributed by atoms with E-state index in [9.17, 15) is 22.9 Å². The fraction of sp³-hybridized carbons (Fsp3) is 0.188. The van der Waals surface area contributed by atoms with Crippen molar-refractivity contribution in [2.75, 3.05) is 13.1 Å². The monoisotopic (exact) mass is 556 g/mol. The Morgan fingerprint density at radius 3 is 2.35 bits per heavy atom. The highest BCUT2D eigenvalue weighted by molar-refractivity contribution is 7.86. The van der Waals surface area contributed by atoms with Crippen LogP contribution in [0.4, 0.5) is 0 Å². The highest BCUT2D eigenvalue weighted by atomic mass is 32.2. The molecule has 0 atom stereocenters. The van der Waals surface area contributed by atoms with Crippen molar-refractivity contribution in [2.45, 2.75) is 32.1 Å². The number of rotatable bonds is 7. The van der Waals surface area contributed by atoms with E-state index in [0.29, 0.717) is 39.8 Å². The molecule has 3 aromatic carbocycles. The molecule has 1 aliphatic heterocycles. The average Bonchev–Trinajstić information content (AvgIpc) is 2.92. The van der Waals surface area contributed by atoms with Crippen LogP contribution in [0, 0.1) is 6.92 Å². The standard InChI is InChI=1S/C32H29NO6S/c1-4-33(5-2)22-14-16-25-29(19-22)39-28-18-21(17-27-20(3)9-8-11-23(27)32(34)35)13-15-24(28)31(25)26-10-6-7-12-30(26)40(36,37)38/h6-16,18-19H,4-5,17H2,1-3H3,(H-,34,35,36,37,38)/p+1. The zero-order chi connectivity index (χ0) is 28.6. The van der Waals surface area contributed by atoms with Gasteiger partial charge in [-0.25, -0.2) is 9.37 Å². The number of nitrogens with zero attached hydrogens (tertiary/aromatic N) is 1. The maximum atomic E-state index is 12.4. The van der Waals surface area contributed by atoms with E-state index in [1.807, 2.05) is 49.4 Å². The van der Waals surface area contributed by atoms with Crippen LogP contribution in [0.15, 0.2) is 88.2 Å². The molecule has 5 rings (SSSR count). The second kappa shape index (κ2) is 10.7. The fourth-order valence-electron chi connectivity index (χ4n) is 5.35. The molecule has 8 heteroatoms. The smallest absolute Gasteiger partial charge is 0.335 e. The third-order valence-corrected chi connectivity index (χ3v) is 8.27. The van der Waals surface area contributed by atoms with Crippen molar-refractivity contribution in [3.8, 4) is 22.5 Å². The lowest BCUT2D eigenvalue weighted by Gasteiger charge is -2.18. The maximum Gasteiger partial charge on any atom is 0.335 e. The molecule has 2 aliphatic rings. The minimum atomic E-state index is -4.51. The van der Waals surface area contributed by atoms with Gasteiger partial charge in [-0.2, -0.15) is 8.42 Å². The number of benzene rings is 4. The Morgan fingerprint density at radius 2 is 1.65 bits per heavy atom. The molecule has 0 saturated carbocycles. The van der Waals surface area contributed by atoms with E-state index in [4.69, 9.17) is 4.42 Å². The molecule has 3 aromatic rings. The molecule has 0 spiro atoms. The lowest BCUT2D eigenvalue weighted by Crippen LogP contribution is -2.29. The Kier molecular flexibility index (Phi) is 7.31. The first kappa shape index (κ1) is 27.3. The van der Waals surface area contributed by atoms with Gasteiger partial charge < -0.3 is 9.52 Å². The summed E-state index contributed by atoms with van der Waals surface area (Å²) in [5.41, 5.74) is 4.92. The van der Waals surface area contributed by atoms with Crippen molar-refractivity contribution >= 4 is 27.1 Å². The number of aromatic carboxylic acids is 1. The van der Waals surface area contributed by atoms with Gasteiger partial charge in [0, 0.05) is 28.1 Å². The molecular formula is C32H30NO6S+. The van der Waals surface area contributed by atoms with Crippen LogP contribution in [0.2, 0.25) is 0 Å². The summed E-state index contributed by atoms with van der Waals surface area (Å²) >= 11 is 0. The number of hydrogen-bond acceptors (Lipinski definition) is 4. The number of fused-ring (bicyclic) bond motifs is 2. The van der Waals surface area contributed by atoms with E-state index in [1.54, 1.807) is 30.3 Å². The lowest BCUT2D eigenvalue weighted by molar-refractivity contribution is 0.0695. The largest absolute Gasteiger partial charge is 0.478 e. The van der Waals surface area contributed by atoms with Crippen LogP contribution >= 0.6 is 0 Å². The highest BCUT2D eigenvalue weighted by Crippen LogP contribution is 2.42. The van der Waals surface area contributed by atoms with Gasteiger partial charge in [0.05, 0.1) is 11.6 Å². The first-order valence-electron chi connectivity index (χ1n) is 13.1. The van der Waals surface area contributed by atoms with Crippen molar-refractivity contribution in [3.05, 3.63) is 106 Å². The third kappa shape index (κ3) is 5.03. The summed E-state index contributed by atoms with van der Waals surface area (Å²) < 4.78 is 43.4. The summed E-state index contributed by atoms with van der Waals surface area (Å²) in [7, 11) is -4.51. The normalized spacial score (nSPS) is 11.7. The van der Waals surface area contributed by atoms with Crippen LogP contribution in [0.3, 0.4) is 0 Å². The molecule has 40 heavy (non-hydrogen) atoms. The summed E-state index contributed by atoms with van der Waals surface area (Å²) in [6.45, 7) is 7.64. The number of carboxylic acid groups (broad SMARTS) is 1. The quantitative estimate of drug-likeness (QED) is 0.148. The lowest BCUT2D eigenvalue weighted by atomic mass is 9.91. The number of hydrogen-bond donors (Lipinski definition) is 2.